The third kappa shape index (κ3) is 4.84. The summed E-state index contributed by atoms with van der Waals surface area (Å²) < 4.78 is 10.5. The average molecular weight is 451 g/mol. The molecule has 3 aromatic rings. The van der Waals surface area contributed by atoms with Gasteiger partial charge in [-0.1, -0.05) is 30.3 Å². The molecule has 0 spiro atoms. The predicted molar refractivity (Wildman–Crippen MR) is 126 cm³/mol. The number of fused-ring (bicyclic) bond motifs is 1. The lowest BCUT2D eigenvalue weighted by Crippen LogP contribution is -2.29. The predicted octanol–water partition coefficient (Wildman–Crippen LogP) is 4.95. The molecule has 7 heteroatoms. The van der Waals surface area contributed by atoms with Gasteiger partial charge in [0, 0.05) is 30.7 Å². The molecule has 6 nitrogen and oxygen atoms in total. The molecule has 4 rings (SSSR count). The van der Waals surface area contributed by atoms with Gasteiger partial charge in [0.05, 0.1) is 19.3 Å². The molecular formula is C25H26N2O4S. The summed E-state index contributed by atoms with van der Waals surface area (Å²) in [6.45, 7) is 4.66. The zero-order valence-corrected chi connectivity index (χ0v) is 19.0. The van der Waals surface area contributed by atoms with Crippen LogP contribution in [0.25, 0.3) is 0 Å². The molecule has 32 heavy (non-hydrogen) atoms. The van der Waals surface area contributed by atoms with Gasteiger partial charge in [-0.25, -0.2) is 9.79 Å². The first-order chi connectivity index (χ1) is 15.6. The second-order valence-electron chi connectivity index (χ2n) is 7.54. The van der Waals surface area contributed by atoms with E-state index < -0.39 is 0 Å². The number of nitrogens with zero attached hydrogens (tertiary/aromatic N) is 2. The van der Waals surface area contributed by atoms with Gasteiger partial charge in [-0.15, -0.1) is 11.3 Å². The van der Waals surface area contributed by atoms with Gasteiger partial charge < -0.3 is 14.6 Å². The Labute approximate surface area is 191 Å². The van der Waals surface area contributed by atoms with Gasteiger partial charge in [0.15, 0.2) is 11.5 Å². The molecule has 0 bridgehead atoms. The van der Waals surface area contributed by atoms with Crippen LogP contribution in [-0.2, 0) is 24.2 Å². The van der Waals surface area contributed by atoms with Crippen molar-refractivity contribution in [1.29, 1.82) is 0 Å². The van der Waals surface area contributed by atoms with Crippen molar-refractivity contribution < 1.29 is 19.4 Å². The first-order valence-electron chi connectivity index (χ1n) is 10.6. The Kier molecular flexibility index (Phi) is 6.87. The number of ether oxygens (including phenoxy) is 2. The van der Waals surface area contributed by atoms with E-state index in [4.69, 9.17) is 9.47 Å². The monoisotopic (exact) mass is 450 g/mol. The maximum absolute atomic E-state index is 12.8. The number of hydrogen-bond acceptors (Lipinski definition) is 7. The van der Waals surface area contributed by atoms with Crippen molar-refractivity contribution in [2.45, 2.75) is 26.4 Å². The van der Waals surface area contributed by atoms with Crippen LogP contribution >= 0.6 is 11.3 Å². The summed E-state index contributed by atoms with van der Waals surface area (Å²) >= 11 is 1.54. The zero-order chi connectivity index (χ0) is 22.5. The van der Waals surface area contributed by atoms with Crippen LogP contribution in [0.2, 0.25) is 0 Å². The summed E-state index contributed by atoms with van der Waals surface area (Å²) in [7, 11) is 1.50. The minimum atomic E-state index is -0.322. The molecule has 1 aliphatic rings. The summed E-state index contributed by atoms with van der Waals surface area (Å²) in [5, 5.41) is 10.5. The standard InChI is InChI=1S/C25H26N2O4S/c1-3-31-25(29)23-19-11-12-27(15-17-7-5-4-6-8-17)16-22(19)32-24(23)26-14-18-9-10-20(28)21(13-18)30-2/h4-10,13-14,28H,3,11-12,15-16H2,1-2H3. The highest BCUT2D eigenvalue weighted by atomic mass is 32.1. The molecule has 0 saturated carbocycles. The largest absolute Gasteiger partial charge is 0.504 e. The quantitative estimate of drug-likeness (QED) is 0.407. The van der Waals surface area contributed by atoms with Crippen LogP contribution in [0.15, 0.2) is 53.5 Å². The Morgan fingerprint density at radius 1 is 1.25 bits per heavy atom. The summed E-state index contributed by atoms with van der Waals surface area (Å²) in [5.41, 5.74) is 3.67. The number of esters is 1. The van der Waals surface area contributed by atoms with Crippen molar-refractivity contribution in [1.82, 2.24) is 4.90 Å². The topological polar surface area (TPSA) is 71.4 Å². The number of phenolic OH excluding ortho intramolecular Hbond substituents is 1. The number of phenols is 1. The van der Waals surface area contributed by atoms with E-state index in [0.29, 0.717) is 22.9 Å². The van der Waals surface area contributed by atoms with Crippen LogP contribution in [0.1, 0.15) is 38.8 Å². The molecule has 0 radical (unpaired) electrons. The molecule has 0 amide bonds. The normalized spacial score (nSPS) is 13.8. The second kappa shape index (κ2) is 9.97. The lowest BCUT2D eigenvalue weighted by molar-refractivity contribution is 0.0526. The molecule has 1 N–H and O–H groups in total. The van der Waals surface area contributed by atoms with Crippen LogP contribution < -0.4 is 4.74 Å². The van der Waals surface area contributed by atoms with Crippen LogP contribution in [0.5, 0.6) is 11.5 Å². The Balaban J connectivity index is 1.62. The molecule has 2 aromatic carbocycles. The van der Waals surface area contributed by atoms with Gasteiger partial charge in [-0.2, -0.15) is 0 Å². The van der Waals surface area contributed by atoms with Gasteiger partial charge in [-0.05, 0) is 48.2 Å². The summed E-state index contributed by atoms with van der Waals surface area (Å²) in [6, 6.07) is 15.4. The minimum absolute atomic E-state index is 0.0713. The van der Waals surface area contributed by atoms with Crippen LogP contribution in [0.3, 0.4) is 0 Å². The second-order valence-corrected chi connectivity index (χ2v) is 8.62. The average Bonchev–Trinajstić information content (AvgIpc) is 3.17. The maximum atomic E-state index is 12.8. The summed E-state index contributed by atoms with van der Waals surface area (Å²) in [4.78, 5) is 21.0. The van der Waals surface area contributed by atoms with Crippen molar-refractivity contribution in [2.24, 2.45) is 4.99 Å². The van der Waals surface area contributed by atoms with Gasteiger partial charge in [-0.3, -0.25) is 4.90 Å². The Bertz CT molecular complexity index is 1120. The maximum Gasteiger partial charge on any atom is 0.341 e. The lowest BCUT2D eigenvalue weighted by atomic mass is 10.0. The van der Waals surface area contributed by atoms with Crippen molar-refractivity contribution in [2.75, 3.05) is 20.3 Å². The number of carbonyl (C=O) groups is 1. The van der Waals surface area contributed by atoms with E-state index in [2.05, 4.69) is 34.2 Å². The Morgan fingerprint density at radius 2 is 2.06 bits per heavy atom. The molecule has 0 fully saturated rings. The van der Waals surface area contributed by atoms with E-state index in [9.17, 15) is 9.90 Å². The van der Waals surface area contributed by atoms with Crippen molar-refractivity contribution in [3.8, 4) is 11.5 Å². The summed E-state index contributed by atoms with van der Waals surface area (Å²) in [6.07, 6.45) is 2.47. The number of aliphatic imine (C=N–C) groups is 1. The molecule has 0 atom stereocenters. The fraction of sp³-hybridized carbons (Fsp3) is 0.280. The Morgan fingerprint density at radius 3 is 2.81 bits per heavy atom. The van der Waals surface area contributed by atoms with E-state index in [-0.39, 0.29) is 11.7 Å². The number of hydrogen-bond donors (Lipinski definition) is 1. The van der Waals surface area contributed by atoms with Crippen LogP contribution in [0.4, 0.5) is 5.00 Å². The molecule has 2 heterocycles. The zero-order valence-electron chi connectivity index (χ0n) is 18.2. The highest BCUT2D eigenvalue weighted by Gasteiger charge is 2.28. The number of carbonyl (C=O) groups excluding carboxylic acids is 1. The van der Waals surface area contributed by atoms with Gasteiger partial charge in [0.1, 0.15) is 5.00 Å². The number of benzene rings is 2. The molecule has 0 saturated heterocycles. The van der Waals surface area contributed by atoms with Crippen molar-refractivity contribution in [3.63, 3.8) is 0 Å². The smallest absolute Gasteiger partial charge is 0.341 e. The number of aromatic hydroxyl groups is 1. The van der Waals surface area contributed by atoms with Gasteiger partial charge >= 0.3 is 5.97 Å². The van der Waals surface area contributed by atoms with E-state index in [0.717, 1.165) is 42.1 Å². The molecule has 166 valence electrons. The van der Waals surface area contributed by atoms with Crippen molar-refractivity contribution >= 4 is 28.5 Å². The fourth-order valence-corrected chi connectivity index (χ4v) is 5.05. The number of methoxy groups -OCH3 is 1. The van der Waals surface area contributed by atoms with Gasteiger partial charge in [0.2, 0.25) is 0 Å². The van der Waals surface area contributed by atoms with Crippen LogP contribution in [-0.4, -0.2) is 42.5 Å². The van der Waals surface area contributed by atoms with E-state index in [1.807, 2.05) is 13.0 Å². The molecule has 1 aromatic heterocycles. The highest BCUT2D eigenvalue weighted by Crippen LogP contribution is 2.40. The molecule has 1 aliphatic heterocycles. The third-order valence-electron chi connectivity index (χ3n) is 5.38. The molecule has 0 unspecified atom stereocenters. The van der Waals surface area contributed by atoms with Gasteiger partial charge in [0.25, 0.3) is 0 Å². The van der Waals surface area contributed by atoms with E-state index in [1.54, 1.807) is 35.8 Å². The number of thiophene rings is 1. The fourth-order valence-electron chi connectivity index (χ4n) is 3.83. The van der Waals surface area contributed by atoms with Crippen molar-refractivity contribution in [3.05, 3.63) is 75.7 Å². The Hall–Kier alpha value is -3.16. The summed E-state index contributed by atoms with van der Waals surface area (Å²) in [5.74, 6) is 0.125. The van der Waals surface area contributed by atoms with Crippen LogP contribution in [0, 0.1) is 0 Å². The lowest BCUT2D eigenvalue weighted by Gasteiger charge is -2.27. The van der Waals surface area contributed by atoms with E-state index >= 15 is 0 Å². The first kappa shape index (κ1) is 22.0. The molecule has 0 aliphatic carbocycles. The van der Waals surface area contributed by atoms with E-state index in [1.165, 1.54) is 12.7 Å². The SMILES string of the molecule is CCOC(=O)c1c(N=Cc2ccc(O)c(OC)c2)sc2c1CCN(Cc1ccccc1)C2. The molecular weight excluding hydrogens is 424 g/mol. The first-order valence-corrected chi connectivity index (χ1v) is 11.4. The third-order valence-corrected chi connectivity index (χ3v) is 6.51. The highest BCUT2D eigenvalue weighted by molar-refractivity contribution is 7.16. The number of rotatable bonds is 7. The minimum Gasteiger partial charge on any atom is -0.504 e.